The molecule has 4 nitrogen and oxygen atoms in total. The first kappa shape index (κ1) is 15.2. The SMILES string of the molecule is C=CCN1CCC23c4c5c(Br)cc(O)c4O[C@H]2[C@@H](O)CC[C@H]3C1C5. The molecule has 2 N–H and O–H groups in total. The van der Waals surface area contributed by atoms with Crippen molar-refractivity contribution in [3.63, 3.8) is 0 Å². The van der Waals surface area contributed by atoms with Gasteiger partial charge in [0.15, 0.2) is 11.5 Å². The van der Waals surface area contributed by atoms with Crippen LogP contribution in [0, 0.1) is 5.92 Å². The predicted octanol–water partition coefficient (Wildman–Crippen LogP) is 2.74. The van der Waals surface area contributed by atoms with Crippen LogP contribution in [-0.4, -0.2) is 46.5 Å². The molecular weight excluding hydrogens is 370 g/mol. The lowest BCUT2D eigenvalue weighted by Crippen LogP contribution is -2.66. The molecule has 5 heteroatoms. The highest BCUT2D eigenvalue weighted by molar-refractivity contribution is 9.10. The van der Waals surface area contributed by atoms with Gasteiger partial charge in [0, 0.05) is 28.0 Å². The van der Waals surface area contributed by atoms with Gasteiger partial charge in [-0.3, -0.25) is 4.90 Å². The number of ether oxygens (including phenoxy) is 1. The number of aromatic hydroxyl groups is 1. The van der Waals surface area contributed by atoms with Gasteiger partial charge in [-0.2, -0.15) is 0 Å². The topological polar surface area (TPSA) is 52.9 Å². The number of phenolic OH excluding ortho intramolecular Hbond substituents is 1. The number of benzene rings is 1. The average Bonchev–Trinajstić information content (AvgIpc) is 2.90. The van der Waals surface area contributed by atoms with Crippen molar-refractivity contribution in [2.45, 2.75) is 49.3 Å². The van der Waals surface area contributed by atoms with Gasteiger partial charge in [0.25, 0.3) is 0 Å². The number of halogens is 1. The fourth-order valence-corrected chi connectivity index (χ4v) is 6.61. The summed E-state index contributed by atoms with van der Waals surface area (Å²) in [6, 6.07) is 2.21. The van der Waals surface area contributed by atoms with E-state index in [1.54, 1.807) is 6.07 Å². The number of likely N-dealkylation sites (tertiary alicyclic amines) is 1. The molecule has 0 radical (unpaired) electrons. The van der Waals surface area contributed by atoms with Crippen LogP contribution in [0.3, 0.4) is 0 Å². The van der Waals surface area contributed by atoms with E-state index in [1.165, 1.54) is 11.1 Å². The van der Waals surface area contributed by atoms with Crippen LogP contribution in [0.5, 0.6) is 11.5 Å². The van der Waals surface area contributed by atoms with Crippen molar-refractivity contribution in [3.05, 3.63) is 34.3 Å². The minimum Gasteiger partial charge on any atom is -0.504 e. The predicted molar refractivity (Wildman–Crippen MR) is 94.5 cm³/mol. The molecule has 1 saturated carbocycles. The van der Waals surface area contributed by atoms with Crippen molar-refractivity contribution in [2.75, 3.05) is 13.1 Å². The highest BCUT2D eigenvalue weighted by atomic mass is 79.9. The van der Waals surface area contributed by atoms with Gasteiger partial charge in [0.1, 0.15) is 6.10 Å². The molecule has 1 aromatic carbocycles. The van der Waals surface area contributed by atoms with Crippen LogP contribution < -0.4 is 4.74 Å². The van der Waals surface area contributed by atoms with E-state index >= 15 is 0 Å². The Bertz CT molecular complexity index is 736. The molecule has 2 unspecified atom stereocenters. The molecule has 24 heavy (non-hydrogen) atoms. The van der Waals surface area contributed by atoms with E-state index in [1.807, 2.05) is 6.08 Å². The highest BCUT2D eigenvalue weighted by Crippen LogP contribution is 2.64. The lowest BCUT2D eigenvalue weighted by molar-refractivity contribution is -0.102. The van der Waals surface area contributed by atoms with E-state index in [-0.39, 0.29) is 17.3 Å². The molecule has 128 valence electrons. The quantitative estimate of drug-likeness (QED) is 0.761. The number of rotatable bonds is 2. The average molecular weight is 392 g/mol. The summed E-state index contributed by atoms with van der Waals surface area (Å²) in [4.78, 5) is 2.54. The molecule has 2 aliphatic heterocycles. The molecule has 1 aromatic rings. The Hall–Kier alpha value is -1.04. The van der Waals surface area contributed by atoms with Gasteiger partial charge >= 0.3 is 0 Å². The molecule has 4 aliphatic rings. The third-order valence-corrected chi connectivity index (χ3v) is 7.55. The molecule has 2 aliphatic carbocycles. The Labute approximate surface area is 150 Å². The summed E-state index contributed by atoms with van der Waals surface area (Å²) in [5.74, 6) is 1.30. The van der Waals surface area contributed by atoms with Crippen molar-refractivity contribution in [1.29, 1.82) is 0 Å². The number of aliphatic hydroxyl groups excluding tert-OH is 1. The number of hydrogen-bond donors (Lipinski definition) is 2. The van der Waals surface area contributed by atoms with E-state index in [0.717, 1.165) is 43.2 Å². The maximum atomic E-state index is 10.7. The van der Waals surface area contributed by atoms with Crippen molar-refractivity contribution >= 4 is 15.9 Å². The van der Waals surface area contributed by atoms with Gasteiger partial charge in [0.05, 0.1) is 6.10 Å². The van der Waals surface area contributed by atoms with Gasteiger partial charge in [-0.25, -0.2) is 0 Å². The van der Waals surface area contributed by atoms with Gasteiger partial charge in [-0.1, -0.05) is 22.0 Å². The molecule has 0 aromatic heterocycles. The highest BCUT2D eigenvalue weighted by Gasteiger charge is 2.65. The van der Waals surface area contributed by atoms with Gasteiger partial charge in [-0.05, 0) is 49.8 Å². The van der Waals surface area contributed by atoms with E-state index in [9.17, 15) is 10.2 Å². The normalized spacial score (nSPS) is 39.2. The minimum atomic E-state index is -0.454. The van der Waals surface area contributed by atoms with E-state index in [0.29, 0.717) is 17.7 Å². The second-order valence-corrected chi connectivity index (χ2v) is 8.55. The Morgan fingerprint density at radius 2 is 2.29 bits per heavy atom. The Morgan fingerprint density at radius 1 is 1.46 bits per heavy atom. The number of aliphatic hydroxyl groups is 1. The molecule has 2 heterocycles. The maximum Gasteiger partial charge on any atom is 0.165 e. The van der Waals surface area contributed by atoms with E-state index < -0.39 is 6.10 Å². The number of phenols is 1. The number of nitrogens with zero attached hydrogens (tertiary/aromatic N) is 1. The van der Waals surface area contributed by atoms with E-state index in [2.05, 4.69) is 27.4 Å². The molecule has 2 fully saturated rings. The van der Waals surface area contributed by atoms with Crippen LogP contribution in [0.1, 0.15) is 30.4 Å². The largest absolute Gasteiger partial charge is 0.504 e. The molecule has 2 bridgehead atoms. The first-order valence-corrected chi connectivity index (χ1v) is 9.61. The van der Waals surface area contributed by atoms with Crippen LogP contribution in [0.15, 0.2) is 23.2 Å². The summed E-state index contributed by atoms with van der Waals surface area (Å²) < 4.78 is 7.18. The lowest BCUT2D eigenvalue weighted by atomic mass is 9.51. The fraction of sp³-hybridized carbons (Fsp3) is 0.579. The second kappa shape index (κ2) is 4.99. The van der Waals surface area contributed by atoms with Crippen LogP contribution in [0.4, 0.5) is 0 Å². The van der Waals surface area contributed by atoms with E-state index in [4.69, 9.17) is 4.74 Å². The second-order valence-electron chi connectivity index (χ2n) is 7.70. The minimum absolute atomic E-state index is 0.149. The molecule has 1 spiro atoms. The standard InChI is InChI=1S/C19H22BrNO3/c1-2-6-21-7-5-19-11-3-4-14(22)18(19)24-17-15(23)9-12(20)10(16(17)19)8-13(11)21/h2,9,11,13-14,18,22-23H,1,3-8H2/t11-,13?,14-,18-,19?/m0/s1. The summed E-state index contributed by atoms with van der Waals surface area (Å²) in [6.45, 7) is 5.82. The summed E-state index contributed by atoms with van der Waals surface area (Å²) >= 11 is 3.66. The van der Waals surface area contributed by atoms with Gasteiger partial charge in [-0.15, -0.1) is 6.58 Å². The molecule has 0 amide bonds. The Kier molecular flexibility index (Phi) is 3.17. The van der Waals surface area contributed by atoms with Crippen LogP contribution >= 0.6 is 15.9 Å². The third-order valence-electron chi connectivity index (χ3n) is 6.84. The van der Waals surface area contributed by atoms with Crippen LogP contribution in [0.2, 0.25) is 0 Å². The fourth-order valence-electron chi connectivity index (χ4n) is 6.03. The Morgan fingerprint density at radius 3 is 3.08 bits per heavy atom. The maximum absolute atomic E-state index is 10.7. The van der Waals surface area contributed by atoms with Crippen molar-refractivity contribution in [2.24, 2.45) is 5.92 Å². The third kappa shape index (κ3) is 1.66. The Balaban J connectivity index is 1.76. The smallest absolute Gasteiger partial charge is 0.165 e. The zero-order chi connectivity index (χ0) is 16.6. The molecule has 5 rings (SSSR count). The van der Waals surface area contributed by atoms with Gasteiger partial charge in [0.2, 0.25) is 0 Å². The lowest BCUT2D eigenvalue weighted by Gasteiger charge is -2.59. The van der Waals surface area contributed by atoms with Crippen molar-refractivity contribution in [1.82, 2.24) is 4.90 Å². The number of hydrogen-bond acceptors (Lipinski definition) is 4. The van der Waals surface area contributed by atoms with Crippen LogP contribution in [-0.2, 0) is 11.8 Å². The summed E-state index contributed by atoms with van der Waals surface area (Å²) in [6.07, 6.45) is 5.05. The monoisotopic (exact) mass is 391 g/mol. The first-order valence-electron chi connectivity index (χ1n) is 8.82. The summed E-state index contributed by atoms with van der Waals surface area (Å²) in [7, 11) is 0. The van der Waals surface area contributed by atoms with Crippen molar-refractivity contribution in [3.8, 4) is 11.5 Å². The van der Waals surface area contributed by atoms with Gasteiger partial charge < -0.3 is 14.9 Å². The number of piperidine rings is 1. The summed E-state index contributed by atoms with van der Waals surface area (Å²) in [5.41, 5.74) is 2.29. The van der Waals surface area contributed by atoms with Crippen molar-refractivity contribution < 1.29 is 14.9 Å². The first-order chi connectivity index (χ1) is 11.6. The molecular formula is C19H22BrNO3. The zero-order valence-electron chi connectivity index (χ0n) is 13.5. The zero-order valence-corrected chi connectivity index (χ0v) is 15.1. The molecule has 5 atom stereocenters. The van der Waals surface area contributed by atoms with Crippen LogP contribution in [0.25, 0.3) is 0 Å². The molecule has 1 saturated heterocycles. The summed E-state index contributed by atoms with van der Waals surface area (Å²) in [5, 5.41) is 21.1.